The number of nitrogens with zero attached hydrogens (tertiary/aromatic N) is 2. The summed E-state index contributed by atoms with van der Waals surface area (Å²) >= 11 is 12.2. The van der Waals surface area contributed by atoms with Crippen LogP contribution in [0.4, 0.5) is 17.3 Å². The number of carbonyl (C=O) groups is 1. The summed E-state index contributed by atoms with van der Waals surface area (Å²) in [6, 6.07) is 11.0. The normalized spacial score (nSPS) is 10.5. The van der Waals surface area contributed by atoms with E-state index in [1.807, 2.05) is 32.0 Å². The highest BCUT2D eigenvalue weighted by molar-refractivity contribution is 6.39. The highest BCUT2D eigenvalue weighted by Crippen LogP contribution is 2.31. The maximum atomic E-state index is 12.4. The minimum absolute atomic E-state index is 0.280. The second-order valence-electron chi connectivity index (χ2n) is 5.85. The molecule has 1 amide bonds. The second kappa shape index (κ2) is 7.72. The number of rotatable bonds is 4. The van der Waals surface area contributed by atoms with Crippen molar-refractivity contribution in [3.63, 3.8) is 0 Å². The lowest BCUT2D eigenvalue weighted by atomic mass is 10.1. The highest BCUT2D eigenvalue weighted by atomic mass is 35.5. The molecule has 0 aliphatic rings. The molecule has 0 saturated heterocycles. The molecule has 1 heterocycles. The molecule has 5 nitrogen and oxygen atoms in total. The molecule has 0 saturated carbocycles. The van der Waals surface area contributed by atoms with E-state index in [0.717, 1.165) is 16.8 Å². The summed E-state index contributed by atoms with van der Waals surface area (Å²) in [4.78, 5) is 20.7. The van der Waals surface area contributed by atoms with Crippen LogP contribution in [0.3, 0.4) is 0 Å². The lowest BCUT2D eigenvalue weighted by molar-refractivity contribution is 0.102. The Balaban J connectivity index is 1.73. The van der Waals surface area contributed by atoms with Crippen LogP contribution >= 0.6 is 23.2 Å². The zero-order valence-corrected chi connectivity index (χ0v) is 15.7. The van der Waals surface area contributed by atoms with E-state index in [9.17, 15) is 4.79 Å². The van der Waals surface area contributed by atoms with E-state index in [1.54, 1.807) is 18.2 Å². The molecular weight excluding hydrogens is 371 g/mol. The summed E-state index contributed by atoms with van der Waals surface area (Å²) in [5.41, 5.74) is 3.75. The Hall–Kier alpha value is -2.63. The van der Waals surface area contributed by atoms with Crippen LogP contribution in [0.25, 0.3) is 0 Å². The van der Waals surface area contributed by atoms with Gasteiger partial charge in [0.1, 0.15) is 0 Å². The van der Waals surface area contributed by atoms with Crippen molar-refractivity contribution in [1.82, 2.24) is 9.97 Å². The van der Waals surface area contributed by atoms with E-state index in [1.165, 1.54) is 12.4 Å². The van der Waals surface area contributed by atoms with Gasteiger partial charge in [0.05, 0.1) is 21.3 Å². The summed E-state index contributed by atoms with van der Waals surface area (Å²) in [6.45, 7) is 3.96. The first-order valence-electron chi connectivity index (χ1n) is 7.85. The smallest absolute Gasteiger partial charge is 0.258 e. The maximum Gasteiger partial charge on any atom is 0.258 e. The van der Waals surface area contributed by atoms with Crippen molar-refractivity contribution in [3.05, 3.63) is 75.5 Å². The Labute approximate surface area is 161 Å². The molecule has 0 unspecified atom stereocenters. The fourth-order valence-electron chi connectivity index (χ4n) is 2.49. The van der Waals surface area contributed by atoms with E-state index in [4.69, 9.17) is 23.2 Å². The van der Waals surface area contributed by atoms with E-state index in [-0.39, 0.29) is 5.91 Å². The van der Waals surface area contributed by atoms with Crippen molar-refractivity contribution in [3.8, 4) is 0 Å². The minimum atomic E-state index is -0.280. The lowest BCUT2D eigenvalue weighted by Crippen LogP contribution is -2.13. The first-order chi connectivity index (χ1) is 12.4. The number of halogens is 2. The van der Waals surface area contributed by atoms with Gasteiger partial charge < -0.3 is 10.6 Å². The SMILES string of the molecule is Cc1cc(C)cc(NC(=O)c2cnc(Nc3c(Cl)cccc3Cl)nc2)c1. The number of nitrogens with one attached hydrogen (secondary N) is 2. The van der Waals surface area contributed by atoms with Gasteiger partial charge in [-0.05, 0) is 49.2 Å². The Morgan fingerprint density at radius 1 is 0.962 bits per heavy atom. The van der Waals surface area contributed by atoms with Crippen molar-refractivity contribution in [2.75, 3.05) is 10.6 Å². The number of anilines is 3. The highest BCUT2D eigenvalue weighted by Gasteiger charge is 2.10. The fourth-order valence-corrected chi connectivity index (χ4v) is 2.98. The molecule has 2 aromatic carbocycles. The van der Waals surface area contributed by atoms with Crippen LogP contribution in [-0.4, -0.2) is 15.9 Å². The molecule has 0 atom stereocenters. The number of aryl methyl sites for hydroxylation is 2. The summed E-state index contributed by atoms with van der Waals surface area (Å²) in [5.74, 6) is 0.0141. The number of amides is 1. The molecule has 3 rings (SSSR count). The van der Waals surface area contributed by atoms with Gasteiger partial charge in [-0.15, -0.1) is 0 Å². The molecule has 132 valence electrons. The van der Waals surface area contributed by atoms with Crippen LogP contribution in [0.5, 0.6) is 0 Å². The Bertz CT molecular complexity index is 918. The molecule has 0 radical (unpaired) electrons. The average Bonchev–Trinajstić information content (AvgIpc) is 2.58. The molecule has 0 spiro atoms. The largest absolute Gasteiger partial charge is 0.322 e. The number of hydrogen-bond acceptors (Lipinski definition) is 4. The fraction of sp³-hybridized carbons (Fsp3) is 0.105. The van der Waals surface area contributed by atoms with Crippen LogP contribution in [0, 0.1) is 13.8 Å². The molecule has 2 N–H and O–H groups in total. The first-order valence-corrected chi connectivity index (χ1v) is 8.61. The van der Waals surface area contributed by atoms with Gasteiger partial charge in [-0.1, -0.05) is 35.3 Å². The van der Waals surface area contributed by atoms with Gasteiger partial charge in [-0.25, -0.2) is 9.97 Å². The maximum absolute atomic E-state index is 12.4. The van der Waals surface area contributed by atoms with Gasteiger partial charge >= 0.3 is 0 Å². The monoisotopic (exact) mass is 386 g/mol. The van der Waals surface area contributed by atoms with Crippen molar-refractivity contribution in [2.24, 2.45) is 0 Å². The molecule has 0 aliphatic heterocycles. The zero-order chi connectivity index (χ0) is 18.7. The third kappa shape index (κ3) is 4.31. The minimum Gasteiger partial charge on any atom is -0.322 e. The van der Waals surface area contributed by atoms with E-state index < -0.39 is 0 Å². The molecule has 0 aliphatic carbocycles. The van der Waals surface area contributed by atoms with E-state index >= 15 is 0 Å². The van der Waals surface area contributed by atoms with E-state index in [0.29, 0.717) is 27.2 Å². The molecule has 1 aromatic heterocycles. The summed E-state index contributed by atoms with van der Waals surface area (Å²) < 4.78 is 0. The van der Waals surface area contributed by atoms with Gasteiger partial charge in [0.2, 0.25) is 5.95 Å². The zero-order valence-electron chi connectivity index (χ0n) is 14.2. The van der Waals surface area contributed by atoms with Crippen LogP contribution in [-0.2, 0) is 0 Å². The third-order valence-electron chi connectivity index (χ3n) is 3.59. The summed E-state index contributed by atoms with van der Waals surface area (Å²) in [5, 5.41) is 6.71. The van der Waals surface area contributed by atoms with E-state index in [2.05, 4.69) is 20.6 Å². The van der Waals surface area contributed by atoms with Gasteiger partial charge in [0, 0.05) is 18.1 Å². The standard InChI is InChI=1S/C19H16Cl2N4O/c1-11-6-12(2)8-14(7-11)24-18(26)13-9-22-19(23-10-13)25-17-15(20)4-3-5-16(17)21/h3-10H,1-2H3,(H,24,26)(H,22,23,25). The van der Waals surface area contributed by atoms with Gasteiger partial charge in [-0.3, -0.25) is 4.79 Å². The van der Waals surface area contributed by atoms with Crippen molar-refractivity contribution in [2.45, 2.75) is 13.8 Å². The number of aromatic nitrogens is 2. The molecule has 26 heavy (non-hydrogen) atoms. The first kappa shape index (κ1) is 18.2. The van der Waals surface area contributed by atoms with Crippen molar-refractivity contribution in [1.29, 1.82) is 0 Å². The van der Waals surface area contributed by atoms with Gasteiger partial charge in [0.15, 0.2) is 0 Å². The predicted molar refractivity (Wildman–Crippen MR) is 106 cm³/mol. The Morgan fingerprint density at radius 3 is 2.12 bits per heavy atom. The second-order valence-corrected chi connectivity index (χ2v) is 6.66. The van der Waals surface area contributed by atoms with Crippen LogP contribution < -0.4 is 10.6 Å². The Morgan fingerprint density at radius 2 is 1.54 bits per heavy atom. The number of benzene rings is 2. The van der Waals surface area contributed by atoms with Crippen molar-refractivity contribution >= 4 is 46.4 Å². The van der Waals surface area contributed by atoms with Gasteiger partial charge in [0.25, 0.3) is 5.91 Å². The van der Waals surface area contributed by atoms with Crippen LogP contribution in [0.1, 0.15) is 21.5 Å². The molecule has 0 bridgehead atoms. The van der Waals surface area contributed by atoms with Crippen LogP contribution in [0.15, 0.2) is 48.8 Å². The third-order valence-corrected chi connectivity index (χ3v) is 4.22. The summed E-state index contributed by atoms with van der Waals surface area (Å²) in [7, 11) is 0. The number of carbonyl (C=O) groups excluding carboxylic acids is 1. The molecular formula is C19H16Cl2N4O. The Kier molecular flexibility index (Phi) is 5.40. The van der Waals surface area contributed by atoms with Gasteiger partial charge in [-0.2, -0.15) is 0 Å². The van der Waals surface area contributed by atoms with Crippen LogP contribution in [0.2, 0.25) is 10.0 Å². The summed E-state index contributed by atoms with van der Waals surface area (Å²) in [6.07, 6.45) is 2.89. The lowest BCUT2D eigenvalue weighted by Gasteiger charge is -2.10. The quantitative estimate of drug-likeness (QED) is 0.629. The number of para-hydroxylation sites is 1. The molecule has 0 fully saturated rings. The number of hydrogen-bond donors (Lipinski definition) is 2. The molecule has 7 heteroatoms. The van der Waals surface area contributed by atoms with Crippen molar-refractivity contribution < 1.29 is 4.79 Å². The predicted octanol–water partition coefficient (Wildman–Crippen LogP) is 5.40. The topological polar surface area (TPSA) is 66.9 Å². The molecule has 3 aromatic rings. The average molecular weight is 387 g/mol.